The summed E-state index contributed by atoms with van der Waals surface area (Å²) in [5.74, 6) is -0.933. The number of benzene rings is 1. The summed E-state index contributed by atoms with van der Waals surface area (Å²) >= 11 is 1.33. The highest BCUT2D eigenvalue weighted by Gasteiger charge is 2.39. The fourth-order valence-corrected chi connectivity index (χ4v) is 7.50. The minimum Gasteiger partial charge on any atom is -0.466 e. The van der Waals surface area contributed by atoms with Gasteiger partial charge < -0.3 is 30.9 Å². The molecule has 2 aliphatic rings. The first-order valence-electron chi connectivity index (χ1n) is 12.9. The predicted octanol–water partition coefficient (Wildman–Crippen LogP) is 1.22. The topological polar surface area (TPSA) is 183 Å². The summed E-state index contributed by atoms with van der Waals surface area (Å²) in [5.41, 5.74) is 7.49. The average Bonchev–Trinajstić information content (AvgIpc) is 3.56. The lowest BCUT2D eigenvalue weighted by Gasteiger charge is -2.39. The first kappa shape index (κ1) is 28.0. The van der Waals surface area contributed by atoms with E-state index in [0.717, 1.165) is 17.0 Å². The number of thiazole rings is 1. The number of nitrogens with zero attached hydrogens (tertiary/aromatic N) is 4. The van der Waals surface area contributed by atoms with Crippen LogP contribution in [0.2, 0.25) is 0 Å². The Balaban J connectivity index is 1.40. The molecule has 5 rings (SSSR count). The molecule has 1 aromatic carbocycles. The lowest BCUT2D eigenvalue weighted by atomic mass is 10.1. The van der Waals surface area contributed by atoms with Gasteiger partial charge in [-0.05, 0) is 26.0 Å². The number of sulfonamides is 1. The van der Waals surface area contributed by atoms with Crippen LogP contribution in [0.1, 0.15) is 46.2 Å². The monoisotopic (exact) mass is 589 g/mol. The number of aromatic amines is 1. The van der Waals surface area contributed by atoms with E-state index in [1.807, 2.05) is 0 Å². The van der Waals surface area contributed by atoms with E-state index in [1.165, 1.54) is 21.7 Å². The molecule has 13 nitrogen and oxygen atoms in total. The summed E-state index contributed by atoms with van der Waals surface area (Å²) in [6.07, 6.45) is 0.577. The zero-order valence-electron chi connectivity index (χ0n) is 22.1. The molecule has 2 unspecified atom stereocenters. The number of nitrogens with one attached hydrogen (secondary N) is 2. The fourth-order valence-electron chi connectivity index (χ4n) is 5.02. The van der Waals surface area contributed by atoms with Crippen molar-refractivity contribution in [2.45, 2.75) is 50.3 Å². The van der Waals surface area contributed by atoms with Crippen molar-refractivity contribution < 1.29 is 28.0 Å². The Labute approximate surface area is 235 Å². The maximum absolute atomic E-state index is 13.7. The van der Waals surface area contributed by atoms with E-state index in [4.69, 9.17) is 15.7 Å². The number of fused-ring (bicyclic) bond motifs is 2. The quantitative estimate of drug-likeness (QED) is 0.103. The molecule has 2 aromatic heterocycles. The van der Waals surface area contributed by atoms with Gasteiger partial charge in [0.1, 0.15) is 5.03 Å². The van der Waals surface area contributed by atoms with Crippen LogP contribution in [0.15, 0.2) is 34.4 Å². The number of hydrogen-bond acceptors (Lipinski definition) is 10. The maximum Gasteiger partial charge on any atom is 0.307 e. The van der Waals surface area contributed by atoms with Gasteiger partial charge in [-0.15, -0.1) is 11.3 Å². The number of ether oxygens (including phenoxy) is 1. The fraction of sp³-hybridized carbons (Fsp3) is 0.440. The van der Waals surface area contributed by atoms with E-state index < -0.39 is 22.0 Å². The van der Waals surface area contributed by atoms with Gasteiger partial charge in [0.15, 0.2) is 10.8 Å². The molecule has 1 amide bonds. The van der Waals surface area contributed by atoms with Crippen molar-refractivity contribution in [2.24, 2.45) is 10.9 Å². The van der Waals surface area contributed by atoms with Crippen molar-refractivity contribution in [3.8, 4) is 0 Å². The minimum atomic E-state index is -4.01. The number of piperazine rings is 1. The molecule has 1 saturated heterocycles. The Kier molecular flexibility index (Phi) is 7.81. The molecule has 3 aromatic rings. The lowest BCUT2D eigenvalue weighted by molar-refractivity contribution is -0.144. The minimum absolute atomic E-state index is 0.0389. The van der Waals surface area contributed by atoms with Gasteiger partial charge in [0.2, 0.25) is 0 Å². The number of amidine groups is 1. The largest absolute Gasteiger partial charge is 0.466 e. The molecular weight excluding hydrogens is 558 g/mol. The van der Waals surface area contributed by atoms with Gasteiger partial charge in [-0.2, -0.15) is 4.31 Å². The Morgan fingerprint density at radius 3 is 2.85 bits per heavy atom. The van der Waals surface area contributed by atoms with Crippen LogP contribution in [0.25, 0.3) is 10.9 Å². The Morgan fingerprint density at radius 2 is 2.10 bits per heavy atom. The molecule has 2 atom stereocenters. The molecule has 40 heavy (non-hydrogen) atoms. The molecule has 4 heterocycles. The zero-order chi connectivity index (χ0) is 28.6. The molecule has 5 N–H and O–H groups in total. The van der Waals surface area contributed by atoms with Crippen molar-refractivity contribution in [2.75, 3.05) is 26.2 Å². The second-order valence-electron chi connectivity index (χ2n) is 9.82. The van der Waals surface area contributed by atoms with Gasteiger partial charge in [0.25, 0.3) is 15.9 Å². The van der Waals surface area contributed by atoms with Crippen molar-refractivity contribution in [1.82, 2.24) is 24.5 Å². The summed E-state index contributed by atoms with van der Waals surface area (Å²) < 4.78 is 33.7. The second kappa shape index (κ2) is 11.2. The second-order valence-corrected chi connectivity index (χ2v) is 12.8. The third-order valence-electron chi connectivity index (χ3n) is 7.10. The number of esters is 1. The Bertz CT molecular complexity index is 1580. The number of amides is 1. The van der Waals surface area contributed by atoms with Crippen LogP contribution in [0, 0.1) is 0 Å². The van der Waals surface area contributed by atoms with Crippen molar-refractivity contribution in [1.29, 1.82) is 0 Å². The smallest absolute Gasteiger partial charge is 0.307 e. The molecule has 0 aliphatic carbocycles. The number of carbonyl (C=O) groups is 2. The van der Waals surface area contributed by atoms with Crippen LogP contribution in [0.5, 0.6) is 0 Å². The molecular formula is C25H31N7O6S2. The summed E-state index contributed by atoms with van der Waals surface area (Å²) in [4.78, 5) is 36.1. The third kappa shape index (κ3) is 5.41. The number of carbonyl (C=O) groups excluding carboxylic acids is 2. The Hall–Kier alpha value is -3.53. The number of H-pyrrole nitrogens is 1. The van der Waals surface area contributed by atoms with Crippen LogP contribution < -0.4 is 11.1 Å². The molecule has 1 fully saturated rings. The van der Waals surface area contributed by atoms with Crippen LogP contribution in [0.3, 0.4) is 0 Å². The zero-order valence-corrected chi connectivity index (χ0v) is 23.7. The molecule has 0 spiro atoms. The molecule has 2 aliphatic heterocycles. The van der Waals surface area contributed by atoms with Crippen LogP contribution in [-0.2, 0) is 32.5 Å². The molecule has 0 saturated carbocycles. The van der Waals surface area contributed by atoms with E-state index in [-0.39, 0.29) is 55.5 Å². The average molecular weight is 590 g/mol. The van der Waals surface area contributed by atoms with Gasteiger partial charge in [-0.1, -0.05) is 17.3 Å². The van der Waals surface area contributed by atoms with E-state index in [9.17, 15) is 18.0 Å². The maximum atomic E-state index is 13.7. The number of nitrogens with two attached hydrogens (primary N) is 1. The van der Waals surface area contributed by atoms with E-state index in [0.29, 0.717) is 28.0 Å². The lowest BCUT2D eigenvalue weighted by Crippen LogP contribution is -2.57. The summed E-state index contributed by atoms with van der Waals surface area (Å²) in [6, 6.07) is 5.92. The van der Waals surface area contributed by atoms with Crippen LogP contribution in [0.4, 0.5) is 0 Å². The summed E-state index contributed by atoms with van der Waals surface area (Å²) in [6.45, 7) is 4.62. The Morgan fingerprint density at radius 1 is 1.30 bits per heavy atom. The SMILES string of the molecule is CCOC(=O)CC1CN(S(=O)(=O)c2cc3ccc(/C(N)=N\O)cc3[nH]2)CCN1C(=O)c1nc2c(s1)CNC(C)C2. The molecule has 0 radical (unpaired) electrons. The highest BCUT2D eigenvalue weighted by atomic mass is 32.2. The van der Waals surface area contributed by atoms with Crippen LogP contribution >= 0.6 is 11.3 Å². The van der Waals surface area contributed by atoms with E-state index in [2.05, 4.69) is 27.4 Å². The first-order chi connectivity index (χ1) is 19.1. The number of hydrogen-bond donors (Lipinski definition) is 4. The predicted molar refractivity (Wildman–Crippen MR) is 148 cm³/mol. The number of oxime groups is 1. The molecule has 15 heteroatoms. The van der Waals surface area contributed by atoms with Gasteiger partial charge in [0, 0.05) is 60.0 Å². The molecule has 214 valence electrons. The van der Waals surface area contributed by atoms with Crippen molar-refractivity contribution in [3.05, 3.63) is 45.4 Å². The van der Waals surface area contributed by atoms with E-state index in [1.54, 1.807) is 30.0 Å². The first-order valence-corrected chi connectivity index (χ1v) is 15.2. The highest BCUT2D eigenvalue weighted by Crippen LogP contribution is 2.29. The van der Waals surface area contributed by atoms with Gasteiger partial charge >= 0.3 is 5.97 Å². The van der Waals surface area contributed by atoms with E-state index >= 15 is 0 Å². The van der Waals surface area contributed by atoms with Crippen LogP contribution in [-0.4, -0.2) is 88.8 Å². The summed E-state index contributed by atoms with van der Waals surface area (Å²) in [7, 11) is -4.01. The van der Waals surface area contributed by atoms with Crippen molar-refractivity contribution >= 4 is 50.0 Å². The number of rotatable bonds is 7. The standard InChI is InChI=1S/C25H31N7O6S2/c1-3-38-22(33)11-17-13-31(6-7-32(17)25(34)24-29-19-8-14(2)27-12-20(19)39-24)40(36,37)21-10-15-4-5-16(23(26)30-35)9-18(15)28-21/h4-5,9-10,14,17,27-28,35H,3,6-8,11-13H2,1-2H3,(H2,26,30). The normalized spacial score (nSPS) is 20.4. The van der Waals surface area contributed by atoms with Gasteiger partial charge in [-0.3, -0.25) is 9.59 Å². The van der Waals surface area contributed by atoms with Crippen molar-refractivity contribution in [3.63, 3.8) is 0 Å². The third-order valence-corrected chi connectivity index (χ3v) is 9.98. The molecule has 0 bridgehead atoms. The highest BCUT2D eigenvalue weighted by molar-refractivity contribution is 7.89. The summed E-state index contributed by atoms with van der Waals surface area (Å²) in [5, 5.41) is 16.2. The number of aromatic nitrogens is 2. The van der Waals surface area contributed by atoms with Gasteiger partial charge in [-0.25, -0.2) is 13.4 Å². The van der Waals surface area contributed by atoms with Gasteiger partial charge in [0.05, 0.1) is 24.8 Å².